The maximum absolute atomic E-state index is 12.7. The maximum atomic E-state index is 12.7. The van der Waals surface area contributed by atoms with Crippen LogP contribution in [0.15, 0.2) is 12.4 Å². The smallest absolute Gasteiger partial charge is 0.166 e. The van der Waals surface area contributed by atoms with Gasteiger partial charge in [0.1, 0.15) is 5.52 Å². The highest BCUT2D eigenvalue weighted by atomic mass is 16.3. The number of ketones is 1. The van der Waals surface area contributed by atoms with E-state index in [1.54, 1.807) is 6.20 Å². The molecular weight excluding hydrogens is 326 g/mol. The lowest BCUT2D eigenvalue weighted by Crippen LogP contribution is -2.30. The molecule has 0 radical (unpaired) electrons. The van der Waals surface area contributed by atoms with Crippen LogP contribution < -0.4 is 0 Å². The first-order valence-corrected chi connectivity index (χ1v) is 9.99. The highest BCUT2D eigenvalue weighted by molar-refractivity contribution is 6.05. The van der Waals surface area contributed by atoms with Crippen molar-refractivity contribution in [2.45, 2.75) is 83.7 Å². The van der Waals surface area contributed by atoms with Crippen LogP contribution in [0.3, 0.4) is 0 Å². The number of rotatable bonds is 10. The van der Waals surface area contributed by atoms with E-state index in [9.17, 15) is 9.90 Å². The molecule has 0 spiro atoms. The summed E-state index contributed by atoms with van der Waals surface area (Å²) in [6.07, 6.45) is 11.3. The minimum Gasteiger partial charge on any atom is -0.390 e. The molecule has 2 aromatic rings. The Morgan fingerprint density at radius 2 is 2.08 bits per heavy atom. The summed E-state index contributed by atoms with van der Waals surface area (Å²) in [5.41, 5.74) is 2.37. The third-order valence-electron chi connectivity index (χ3n) is 5.56. The van der Waals surface area contributed by atoms with Crippen molar-refractivity contribution in [1.29, 1.82) is 0 Å². The topological polar surface area (TPSA) is 78.9 Å². The number of nitrogens with zero attached hydrogens (tertiary/aromatic N) is 2. The van der Waals surface area contributed by atoms with Crippen molar-refractivity contribution < 1.29 is 9.90 Å². The summed E-state index contributed by atoms with van der Waals surface area (Å²) in [6, 6.07) is 0. The number of nitrogens with one attached hydrogen (secondary N) is 1. The number of carbonyl (C=O) groups is 1. The molecule has 0 amide bonds. The van der Waals surface area contributed by atoms with Gasteiger partial charge in [-0.3, -0.25) is 4.79 Å². The van der Waals surface area contributed by atoms with Crippen LogP contribution in [-0.2, 0) is 0 Å². The van der Waals surface area contributed by atoms with Crippen LogP contribution in [0.4, 0.5) is 0 Å². The quantitative estimate of drug-likeness (QED) is 0.601. The average molecular weight is 357 g/mol. The Hall–Kier alpha value is -1.75. The fourth-order valence-corrected chi connectivity index (χ4v) is 3.64. The molecular formula is C21H31N3O2. The molecule has 0 aromatic carbocycles. The average Bonchev–Trinajstić information content (AvgIpc) is 3.35. The fraction of sp³-hybridized carbons (Fsp3) is 0.667. The molecule has 0 unspecified atom stereocenters. The third kappa shape index (κ3) is 4.50. The summed E-state index contributed by atoms with van der Waals surface area (Å²) in [5.74, 6) is 0.874. The van der Waals surface area contributed by atoms with Crippen LogP contribution in [0, 0.1) is 5.92 Å². The monoisotopic (exact) mass is 357 g/mol. The number of Topliss-reactive ketones (excluding diaryl/α,β-unsaturated/α-hetero) is 1. The molecule has 5 heteroatoms. The highest BCUT2D eigenvalue weighted by Gasteiger charge is 2.27. The number of aromatic nitrogens is 3. The number of hydrogen-bond acceptors (Lipinski definition) is 4. The summed E-state index contributed by atoms with van der Waals surface area (Å²) < 4.78 is 0. The van der Waals surface area contributed by atoms with Crippen molar-refractivity contribution in [3.05, 3.63) is 23.7 Å². The van der Waals surface area contributed by atoms with Crippen molar-refractivity contribution in [3.8, 4) is 0 Å². The van der Waals surface area contributed by atoms with Crippen LogP contribution in [0.5, 0.6) is 0 Å². The predicted molar refractivity (Wildman–Crippen MR) is 103 cm³/mol. The molecule has 2 heterocycles. The molecule has 1 aliphatic rings. The van der Waals surface area contributed by atoms with Gasteiger partial charge in [-0.1, -0.05) is 19.8 Å². The van der Waals surface area contributed by atoms with Gasteiger partial charge >= 0.3 is 0 Å². The number of hydrogen-bond donors (Lipinski definition) is 2. The van der Waals surface area contributed by atoms with Gasteiger partial charge in [-0.15, -0.1) is 0 Å². The molecule has 142 valence electrons. The molecule has 5 nitrogen and oxygen atoms in total. The molecule has 0 aliphatic heterocycles. The number of aliphatic hydroxyl groups is 1. The molecule has 1 fully saturated rings. The molecule has 3 rings (SSSR count). The fourth-order valence-electron chi connectivity index (χ4n) is 3.64. The van der Waals surface area contributed by atoms with Crippen molar-refractivity contribution in [1.82, 2.24) is 15.0 Å². The Morgan fingerprint density at radius 3 is 2.73 bits per heavy atom. The summed E-state index contributed by atoms with van der Waals surface area (Å²) in [5, 5.41) is 10.4. The third-order valence-corrected chi connectivity index (χ3v) is 5.56. The Morgan fingerprint density at radius 1 is 1.35 bits per heavy atom. The summed E-state index contributed by atoms with van der Waals surface area (Å²) in [4.78, 5) is 24.9. The zero-order chi connectivity index (χ0) is 18.7. The van der Waals surface area contributed by atoms with Gasteiger partial charge in [0.15, 0.2) is 11.4 Å². The van der Waals surface area contributed by atoms with E-state index in [1.165, 1.54) is 12.8 Å². The second-order valence-electron chi connectivity index (χ2n) is 8.28. The number of aromatic amines is 1. The summed E-state index contributed by atoms with van der Waals surface area (Å²) >= 11 is 0. The maximum Gasteiger partial charge on any atom is 0.166 e. The normalized spacial score (nSPS) is 16.2. The second-order valence-corrected chi connectivity index (χ2v) is 8.28. The van der Waals surface area contributed by atoms with Crippen LogP contribution >= 0.6 is 0 Å². The number of unbranched alkanes of at least 4 members (excludes halogenated alkanes) is 1. The van der Waals surface area contributed by atoms with Crippen LogP contribution in [0.2, 0.25) is 0 Å². The molecule has 1 saturated carbocycles. The molecule has 1 atom stereocenters. The lowest BCUT2D eigenvalue weighted by molar-refractivity contribution is 0.00743. The van der Waals surface area contributed by atoms with Gasteiger partial charge in [0.2, 0.25) is 0 Å². The SMILES string of the molecule is CCCC[C@H](CCCC(=O)c1c[nH]c2ncc(C3CC3)nc12)C(C)(C)O. The van der Waals surface area contributed by atoms with E-state index in [1.807, 2.05) is 20.0 Å². The lowest BCUT2D eigenvalue weighted by Gasteiger charge is -2.29. The van der Waals surface area contributed by atoms with Crippen molar-refractivity contribution in [2.75, 3.05) is 0 Å². The van der Waals surface area contributed by atoms with Crippen LogP contribution in [0.25, 0.3) is 11.2 Å². The summed E-state index contributed by atoms with van der Waals surface area (Å²) in [6.45, 7) is 5.92. The van der Waals surface area contributed by atoms with E-state index in [-0.39, 0.29) is 11.7 Å². The largest absolute Gasteiger partial charge is 0.390 e. The zero-order valence-corrected chi connectivity index (χ0v) is 16.2. The van der Waals surface area contributed by atoms with E-state index >= 15 is 0 Å². The minimum atomic E-state index is -0.691. The van der Waals surface area contributed by atoms with Gasteiger partial charge in [0.25, 0.3) is 0 Å². The van der Waals surface area contributed by atoms with Gasteiger partial charge in [0, 0.05) is 18.5 Å². The molecule has 0 saturated heterocycles. The van der Waals surface area contributed by atoms with Crippen molar-refractivity contribution >= 4 is 16.9 Å². The lowest BCUT2D eigenvalue weighted by atomic mass is 9.82. The number of H-pyrrole nitrogens is 1. The molecule has 2 aromatic heterocycles. The van der Waals surface area contributed by atoms with E-state index in [0.29, 0.717) is 29.1 Å². The first-order chi connectivity index (χ1) is 12.4. The van der Waals surface area contributed by atoms with E-state index in [0.717, 1.165) is 37.8 Å². The zero-order valence-electron chi connectivity index (χ0n) is 16.2. The minimum absolute atomic E-state index is 0.114. The standard InChI is InChI=1S/C21H31N3O2/c1-4-5-7-15(21(2,3)26)8-6-9-18(25)16-12-22-20-19(16)24-17(13-23-20)14-10-11-14/h12-15,26H,4-11H2,1-3H3,(H,22,23)/t15-/m1/s1. The van der Waals surface area contributed by atoms with Crippen molar-refractivity contribution in [2.24, 2.45) is 5.92 Å². The van der Waals surface area contributed by atoms with Gasteiger partial charge in [-0.2, -0.15) is 0 Å². The second kappa shape index (κ2) is 7.87. The molecule has 1 aliphatic carbocycles. The van der Waals surface area contributed by atoms with Gasteiger partial charge in [-0.05, 0) is 51.9 Å². The Bertz CT molecular complexity index is 756. The predicted octanol–water partition coefficient (Wildman–Crippen LogP) is 4.77. The Balaban J connectivity index is 1.62. The summed E-state index contributed by atoms with van der Waals surface area (Å²) in [7, 11) is 0. The van der Waals surface area contributed by atoms with E-state index < -0.39 is 5.60 Å². The Labute approximate surface area is 155 Å². The first-order valence-electron chi connectivity index (χ1n) is 9.99. The van der Waals surface area contributed by atoms with E-state index in [4.69, 9.17) is 0 Å². The number of fused-ring (bicyclic) bond motifs is 1. The van der Waals surface area contributed by atoms with Gasteiger partial charge in [0.05, 0.1) is 23.1 Å². The Kier molecular flexibility index (Phi) is 5.76. The number of carbonyl (C=O) groups excluding carboxylic acids is 1. The van der Waals surface area contributed by atoms with Crippen LogP contribution in [0.1, 0.15) is 94.1 Å². The molecule has 2 N–H and O–H groups in total. The van der Waals surface area contributed by atoms with Crippen LogP contribution in [-0.4, -0.2) is 31.4 Å². The van der Waals surface area contributed by atoms with Gasteiger partial charge < -0.3 is 10.1 Å². The van der Waals surface area contributed by atoms with E-state index in [2.05, 4.69) is 21.9 Å². The molecule has 0 bridgehead atoms. The molecule has 26 heavy (non-hydrogen) atoms. The van der Waals surface area contributed by atoms with Crippen molar-refractivity contribution in [3.63, 3.8) is 0 Å². The first kappa shape index (κ1) is 19.0. The highest BCUT2D eigenvalue weighted by Crippen LogP contribution is 2.39. The van der Waals surface area contributed by atoms with Gasteiger partial charge in [-0.25, -0.2) is 9.97 Å².